The summed E-state index contributed by atoms with van der Waals surface area (Å²) >= 11 is 6.02. The molecule has 2 aromatic rings. The topological polar surface area (TPSA) is 105 Å². The normalized spacial score (nSPS) is 14.4. The fourth-order valence-electron chi connectivity index (χ4n) is 3.95. The Hall–Kier alpha value is -2.98. The number of fused-ring (bicyclic) bond motifs is 1. The zero-order valence-electron chi connectivity index (χ0n) is 21.6. The first kappa shape index (κ1) is 28.6. The molecule has 1 aliphatic rings. The molecule has 3 rings (SSSR count). The lowest BCUT2D eigenvalue weighted by molar-refractivity contribution is -0.140. The molecule has 1 heterocycles. The Morgan fingerprint density at radius 3 is 2.27 bits per heavy atom. The first-order valence-electron chi connectivity index (χ1n) is 12.2. The van der Waals surface area contributed by atoms with Gasteiger partial charge in [-0.1, -0.05) is 37.6 Å². The molecule has 1 N–H and O–H groups in total. The van der Waals surface area contributed by atoms with Crippen molar-refractivity contribution in [3.05, 3.63) is 53.1 Å². The zero-order chi connectivity index (χ0) is 27.2. The summed E-state index contributed by atoms with van der Waals surface area (Å²) in [5.74, 6) is 0.111. The van der Waals surface area contributed by atoms with Gasteiger partial charge in [0.15, 0.2) is 11.5 Å². The maximum Gasteiger partial charge on any atom is 0.244 e. The highest BCUT2D eigenvalue weighted by Crippen LogP contribution is 2.34. The molecule has 0 fully saturated rings. The largest absolute Gasteiger partial charge is 0.486 e. The van der Waals surface area contributed by atoms with Crippen molar-refractivity contribution in [2.75, 3.05) is 30.3 Å². The van der Waals surface area contributed by atoms with Crippen molar-refractivity contribution in [2.24, 2.45) is 0 Å². The number of anilines is 1. The summed E-state index contributed by atoms with van der Waals surface area (Å²) in [7, 11) is -3.86. The van der Waals surface area contributed by atoms with E-state index < -0.39 is 28.5 Å². The molecule has 1 aliphatic heterocycles. The van der Waals surface area contributed by atoms with Gasteiger partial charge >= 0.3 is 0 Å². The van der Waals surface area contributed by atoms with Crippen molar-refractivity contribution < 1.29 is 27.5 Å². The molecule has 0 saturated carbocycles. The number of amides is 2. The fraction of sp³-hybridized carbons (Fsp3) is 0.462. The van der Waals surface area contributed by atoms with E-state index >= 15 is 0 Å². The van der Waals surface area contributed by atoms with Crippen LogP contribution in [0.1, 0.15) is 39.2 Å². The average molecular weight is 552 g/mol. The molecule has 2 amide bonds. The van der Waals surface area contributed by atoms with Gasteiger partial charge < -0.3 is 19.7 Å². The zero-order valence-corrected chi connectivity index (χ0v) is 23.1. The maximum absolute atomic E-state index is 13.8. The fourth-order valence-corrected chi connectivity index (χ4v) is 4.92. The molecule has 202 valence electrons. The standard InChI is InChI=1S/C26H34ClN3O6S/c1-5-18(3)28-26(32)22(6-2)29(16-19-7-9-20(27)10-8-19)25(31)17-30(37(4,33)34)21-11-12-23-24(15-21)36-14-13-35-23/h7-12,15,18,22H,5-6,13-14,16-17H2,1-4H3,(H,28,32). The third kappa shape index (κ3) is 7.52. The molecule has 0 aromatic heterocycles. The Bertz CT molecular complexity index is 1210. The highest BCUT2D eigenvalue weighted by Gasteiger charge is 2.32. The molecule has 2 atom stereocenters. The molecule has 0 bridgehead atoms. The highest BCUT2D eigenvalue weighted by atomic mass is 35.5. The number of carbonyl (C=O) groups excluding carboxylic acids is 2. The van der Waals surface area contributed by atoms with Gasteiger partial charge in [0.25, 0.3) is 0 Å². The number of nitrogens with one attached hydrogen (secondary N) is 1. The Kier molecular flexibility index (Phi) is 9.67. The molecule has 11 heteroatoms. The van der Waals surface area contributed by atoms with Gasteiger partial charge in [0.05, 0.1) is 11.9 Å². The quantitative estimate of drug-likeness (QED) is 0.457. The molecule has 2 unspecified atom stereocenters. The van der Waals surface area contributed by atoms with Crippen LogP contribution in [0.2, 0.25) is 5.02 Å². The van der Waals surface area contributed by atoms with Gasteiger partial charge in [0.2, 0.25) is 21.8 Å². The van der Waals surface area contributed by atoms with E-state index in [4.69, 9.17) is 21.1 Å². The van der Waals surface area contributed by atoms with Crippen LogP contribution in [0.15, 0.2) is 42.5 Å². The van der Waals surface area contributed by atoms with Gasteiger partial charge in [-0.05, 0) is 49.6 Å². The molecule has 9 nitrogen and oxygen atoms in total. The third-order valence-electron chi connectivity index (χ3n) is 6.15. The molecular formula is C26H34ClN3O6S. The van der Waals surface area contributed by atoms with Gasteiger partial charge in [-0.3, -0.25) is 13.9 Å². The number of sulfonamides is 1. The maximum atomic E-state index is 13.8. The minimum atomic E-state index is -3.86. The van der Waals surface area contributed by atoms with Gasteiger partial charge in [0, 0.05) is 23.7 Å². The Balaban J connectivity index is 1.94. The van der Waals surface area contributed by atoms with E-state index in [1.807, 2.05) is 20.8 Å². The van der Waals surface area contributed by atoms with Crippen molar-refractivity contribution in [3.8, 4) is 11.5 Å². The number of nitrogens with zero attached hydrogens (tertiary/aromatic N) is 2. The Labute approximate surface area is 223 Å². The van der Waals surface area contributed by atoms with Gasteiger partial charge in [-0.25, -0.2) is 8.42 Å². The summed E-state index contributed by atoms with van der Waals surface area (Å²) in [6.45, 7) is 6.03. The van der Waals surface area contributed by atoms with Crippen molar-refractivity contribution >= 4 is 39.1 Å². The van der Waals surface area contributed by atoms with Crippen LogP contribution in [-0.2, 0) is 26.2 Å². The molecule has 0 saturated heterocycles. The second-order valence-corrected chi connectivity index (χ2v) is 11.3. The molecule has 0 radical (unpaired) electrons. The van der Waals surface area contributed by atoms with Crippen LogP contribution >= 0.6 is 11.6 Å². The predicted molar refractivity (Wildman–Crippen MR) is 144 cm³/mol. The smallest absolute Gasteiger partial charge is 0.244 e. The van der Waals surface area contributed by atoms with E-state index in [1.54, 1.807) is 42.5 Å². The van der Waals surface area contributed by atoms with Crippen LogP contribution in [0.5, 0.6) is 11.5 Å². The van der Waals surface area contributed by atoms with Crippen molar-refractivity contribution in [3.63, 3.8) is 0 Å². The number of carbonyl (C=O) groups is 2. The SMILES string of the molecule is CCC(C)NC(=O)C(CC)N(Cc1ccc(Cl)cc1)C(=O)CN(c1ccc2c(c1)OCCO2)S(C)(=O)=O. The summed E-state index contributed by atoms with van der Waals surface area (Å²) in [6.07, 6.45) is 2.12. The Morgan fingerprint density at radius 2 is 1.68 bits per heavy atom. The summed E-state index contributed by atoms with van der Waals surface area (Å²) in [6, 6.07) is 10.8. The summed E-state index contributed by atoms with van der Waals surface area (Å²) < 4.78 is 37.7. The monoisotopic (exact) mass is 551 g/mol. The number of rotatable bonds is 11. The second-order valence-electron chi connectivity index (χ2n) is 8.99. The lowest BCUT2D eigenvalue weighted by Crippen LogP contribution is -2.53. The summed E-state index contributed by atoms with van der Waals surface area (Å²) in [5, 5.41) is 3.49. The minimum Gasteiger partial charge on any atom is -0.486 e. The number of hydrogen-bond acceptors (Lipinski definition) is 6. The first-order chi connectivity index (χ1) is 17.5. The van der Waals surface area contributed by atoms with Gasteiger partial charge in [-0.2, -0.15) is 0 Å². The number of halogens is 1. The second kappa shape index (κ2) is 12.5. The van der Waals surface area contributed by atoms with Crippen molar-refractivity contribution in [2.45, 2.75) is 52.2 Å². The minimum absolute atomic E-state index is 0.0701. The van der Waals surface area contributed by atoms with E-state index in [0.717, 1.165) is 22.5 Å². The van der Waals surface area contributed by atoms with Crippen LogP contribution in [-0.4, -0.2) is 63.2 Å². The summed E-state index contributed by atoms with van der Waals surface area (Å²) in [4.78, 5) is 28.3. The van der Waals surface area contributed by atoms with Crippen molar-refractivity contribution in [1.82, 2.24) is 10.2 Å². The van der Waals surface area contributed by atoms with Crippen LogP contribution in [0.25, 0.3) is 0 Å². The van der Waals surface area contributed by atoms with Crippen LogP contribution in [0, 0.1) is 0 Å². The van der Waals surface area contributed by atoms with Crippen LogP contribution in [0.3, 0.4) is 0 Å². The molecule has 0 aliphatic carbocycles. The van der Waals surface area contributed by atoms with E-state index in [-0.39, 0.29) is 24.2 Å². The molecule has 2 aromatic carbocycles. The van der Waals surface area contributed by atoms with E-state index in [2.05, 4.69) is 5.32 Å². The average Bonchev–Trinajstić information content (AvgIpc) is 2.87. The Morgan fingerprint density at radius 1 is 1.03 bits per heavy atom. The number of ether oxygens (including phenoxy) is 2. The molecule has 37 heavy (non-hydrogen) atoms. The molecular weight excluding hydrogens is 518 g/mol. The van der Waals surface area contributed by atoms with Crippen LogP contribution < -0.4 is 19.1 Å². The predicted octanol–water partition coefficient (Wildman–Crippen LogP) is 3.60. The lowest BCUT2D eigenvalue weighted by Gasteiger charge is -2.33. The van der Waals surface area contributed by atoms with Crippen LogP contribution in [0.4, 0.5) is 5.69 Å². The van der Waals surface area contributed by atoms with Crippen molar-refractivity contribution in [1.29, 1.82) is 0 Å². The first-order valence-corrected chi connectivity index (χ1v) is 14.5. The summed E-state index contributed by atoms with van der Waals surface area (Å²) in [5.41, 5.74) is 1.03. The van der Waals surface area contributed by atoms with E-state index in [0.29, 0.717) is 36.2 Å². The third-order valence-corrected chi connectivity index (χ3v) is 7.54. The number of hydrogen-bond donors (Lipinski definition) is 1. The van der Waals surface area contributed by atoms with E-state index in [9.17, 15) is 18.0 Å². The van der Waals surface area contributed by atoms with Gasteiger partial charge in [0.1, 0.15) is 25.8 Å². The lowest BCUT2D eigenvalue weighted by atomic mass is 10.1. The highest BCUT2D eigenvalue weighted by molar-refractivity contribution is 7.92. The van der Waals surface area contributed by atoms with Gasteiger partial charge in [-0.15, -0.1) is 0 Å². The number of benzene rings is 2. The van der Waals surface area contributed by atoms with E-state index in [1.165, 1.54) is 4.90 Å². The molecule has 0 spiro atoms.